The zero-order chi connectivity index (χ0) is 24.8. The first-order valence-corrected chi connectivity index (χ1v) is 11.3. The molecule has 9 nitrogen and oxygen atoms in total. The molecule has 182 valence electrons. The maximum absolute atomic E-state index is 13.5. The molecule has 0 radical (unpaired) electrons. The Hall–Kier alpha value is -2.94. The van der Waals surface area contributed by atoms with Crippen molar-refractivity contribution in [3.8, 4) is 0 Å². The molecule has 1 aromatic carbocycles. The minimum atomic E-state index is -0.915. The average molecular weight is 461 g/mol. The number of carbonyl (C=O) groups excluding carboxylic acids is 4. The molecule has 4 N–H and O–H groups in total. The Morgan fingerprint density at radius 1 is 1.06 bits per heavy atom. The summed E-state index contributed by atoms with van der Waals surface area (Å²) in [6.07, 6.45) is -0.749. The summed E-state index contributed by atoms with van der Waals surface area (Å²) >= 11 is 0. The lowest BCUT2D eigenvalue weighted by molar-refractivity contribution is -0.144. The van der Waals surface area contributed by atoms with Crippen LogP contribution in [0.25, 0.3) is 0 Å². The average Bonchev–Trinajstić information content (AvgIpc) is 3.17. The van der Waals surface area contributed by atoms with Crippen LogP contribution in [0.5, 0.6) is 0 Å². The van der Waals surface area contributed by atoms with Crippen molar-refractivity contribution in [2.45, 2.75) is 71.2 Å². The molecule has 1 saturated heterocycles. The van der Waals surface area contributed by atoms with Crippen LogP contribution in [-0.2, 0) is 19.2 Å². The molecule has 0 unspecified atom stereocenters. The number of amides is 4. The van der Waals surface area contributed by atoms with E-state index in [0.29, 0.717) is 0 Å². The Balaban J connectivity index is 2.13. The molecule has 0 saturated carbocycles. The molecule has 0 spiro atoms. The number of nitrogens with zero attached hydrogens (tertiary/aromatic N) is 1. The highest BCUT2D eigenvalue weighted by molar-refractivity contribution is 5.93. The number of hydrogen-bond donors (Lipinski definition) is 4. The third kappa shape index (κ3) is 7.28. The van der Waals surface area contributed by atoms with Crippen LogP contribution in [0.15, 0.2) is 30.3 Å². The van der Waals surface area contributed by atoms with Crippen molar-refractivity contribution >= 4 is 23.6 Å². The molecule has 2 rings (SSSR count). The molecule has 9 heteroatoms. The van der Waals surface area contributed by atoms with Gasteiger partial charge >= 0.3 is 0 Å². The minimum absolute atomic E-state index is 0.0112. The SMILES string of the molecule is CNC(=O)CCC(=O)N[C@H](C(=O)N1C[C@H](O)C[C@H]1C(=O)N[C@@H](C)c1ccccc1)C(C)(C)C. The molecule has 0 bridgehead atoms. The van der Waals surface area contributed by atoms with Crippen molar-refractivity contribution in [2.75, 3.05) is 13.6 Å². The van der Waals surface area contributed by atoms with Gasteiger partial charge in [-0.3, -0.25) is 19.2 Å². The summed E-state index contributed by atoms with van der Waals surface area (Å²) in [6, 6.07) is 7.44. The van der Waals surface area contributed by atoms with Crippen LogP contribution in [0.2, 0.25) is 0 Å². The summed E-state index contributed by atoms with van der Waals surface area (Å²) in [7, 11) is 1.49. The molecule has 1 fully saturated rings. The first-order chi connectivity index (χ1) is 15.4. The number of nitrogens with one attached hydrogen (secondary N) is 3. The van der Waals surface area contributed by atoms with E-state index in [0.717, 1.165) is 5.56 Å². The monoisotopic (exact) mass is 460 g/mol. The number of benzene rings is 1. The van der Waals surface area contributed by atoms with E-state index in [1.165, 1.54) is 11.9 Å². The van der Waals surface area contributed by atoms with Crippen molar-refractivity contribution in [1.82, 2.24) is 20.9 Å². The van der Waals surface area contributed by atoms with Crippen LogP contribution in [0.1, 0.15) is 58.6 Å². The number of carbonyl (C=O) groups is 4. The minimum Gasteiger partial charge on any atom is -0.391 e. The normalized spacial score (nSPS) is 20.0. The summed E-state index contributed by atoms with van der Waals surface area (Å²) in [6.45, 7) is 7.31. The van der Waals surface area contributed by atoms with E-state index in [4.69, 9.17) is 0 Å². The largest absolute Gasteiger partial charge is 0.391 e. The molecule has 4 atom stereocenters. The molecule has 0 aliphatic carbocycles. The first-order valence-electron chi connectivity index (χ1n) is 11.3. The molecular weight excluding hydrogens is 424 g/mol. The molecule has 1 aliphatic heterocycles. The maximum Gasteiger partial charge on any atom is 0.246 e. The quantitative estimate of drug-likeness (QED) is 0.458. The van der Waals surface area contributed by atoms with Crippen LogP contribution in [-0.4, -0.2) is 65.4 Å². The van der Waals surface area contributed by atoms with Crippen molar-refractivity contribution in [2.24, 2.45) is 5.41 Å². The lowest BCUT2D eigenvalue weighted by Gasteiger charge is -2.35. The van der Waals surface area contributed by atoms with Crippen molar-refractivity contribution in [3.05, 3.63) is 35.9 Å². The van der Waals surface area contributed by atoms with Crippen molar-refractivity contribution in [3.63, 3.8) is 0 Å². The fourth-order valence-corrected chi connectivity index (χ4v) is 3.84. The highest BCUT2D eigenvalue weighted by Crippen LogP contribution is 2.27. The van der Waals surface area contributed by atoms with E-state index in [2.05, 4.69) is 16.0 Å². The summed E-state index contributed by atoms with van der Waals surface area (Å²) in [5, 5.41) is 18.4. The van der Waals surface area contributed by atoms with E-state index in [-0.39, 0.29) is 43.7 Å². The number of aliphatic hydroxyl groups is 1. The van der Waals surface area contributed by atoms with Gasteiger partial charge in [0.1, 0.15) is 12.1 Å². The predicted octanol–water partition coefficient (Wildman–Crippen LogP) is 0.883. The molecule has 4 amide bonds. The van der Waals surface area contributed by atoms with E-state index in [9.17, 15) is 24.3 Å². The van der Waals surface area contributed by atoms with Gasteiger partial charge in [-0.1, -0.05) is 51.1 Å². The van der Waals surface area contributed by atoms with Gasteiger partial charge in [0.15, 0.2) is 0 Å². The summed E-state index contributed by atoms with van der Waals surface area (Å²) in [5.41, 5.74) is 0.282. The van der Waals surface area contributed by atoms with E-state index >= 15 is 0 Å². The highest BCUT2D eigenvalue weighted by atomic mass is 16.3. The molecule has 1 aromatic rings. The second kappa shape index (κ2) is 11.3. The van der Waals surface area contributed by atoms with Crippen LogP contribution in [0.4, 0.5) is 0 Å². The van der Waals surface area contributed by atoms with Gasteiger partial charge in [-0.2, -0.15) is 0 Å². The van der Waals surface area contributed by atoms with Gasteiger partial charge in [0, 0.05) is 32.9 Å². The maximum atomic E-state index is 13.5. The van der Waals surface area contributed by atoms with Gasteiger partial charge in [-0.25, -0.2) is 0 Å². The van der Waals surface area contributed by atoms with Gasteiger partial charge < -0.3 is 26.0 Å². The summed E-state index contributed by atoms with van der Waals surface area (Å²) < 4.78 is 0. The zero-order valence-electron chi connectivity index (χ0n) is 20.1. The predicted molar refractivity (Wildman–Crippen MR) is 124 cm³/mol. The summed E-state index contributed by atoms with van der Waals surface area (Å²) in [4.78, 5) is 51.8. The third-order valence-electron chi connectivity index (χ3n) is 5.80. The Morgan fingerprint density at radius 3 is 2.24 bits per heavy atom. The molecule has 33 heavy (non-hydrogen) atoms. The van der Waals surface area contributed by atoms with Gasteiger partial charge in [0.05, 0.1) is 12.1 Å². The van der Waals surface area contributed by atoms with Gasteiger partial charge in [-0.15, -0.1) is 0 Å². The lowest BCUT2D eigenvalue weighted by Crippen LogP contribution is -2.57. The Bertz CT molecular complexity index is 852. The van der Waals surface area contributed by atoms with Gasteiger partial charge in [0.25, 0.3) is 0 Å². The number of hydrogen-bond acceptors (Lipinski definition) is 5. The molecule has 1 aliphatic rings. The number of rotatable bonds is 8. The second-order valence-corrected chi connectivity index (χ2v) is 9.58. The molecule has 1 heterocycles. The standard InChI is InChI=1S/C24H36N4O5/c1-15(16-9-7-6-8-10-16)26-22(32)18-13-17(29)14-28(18)23(33)21(24(2,3)4)27-20(31)12-11-19(30)25-5/h6-10,15,17-18,21,29H,11-14H2,1-5H3,(H,25,30)(H,26,32)(H,27,31)/t15-,17+,18-,21+/m0/s1. The molecule has 0 aromatic heterocycles. The summed E-state index contributed by atoms with van der Waals surface area (Å²) in [5.74, 6) is -1.48. The number of likely N-dealkylation sites (tertiary alicyclic amines) is 1. The highest BCUT2D eigenvalue weighted by Gasteiger charge is 2.44. The smallest absolute Gasteiger partial charge is 0.246 e. The lowest BCUT2D eigenvalue weighted by atomic mass is 9.85. The van der Waals surface area contributed by atoms with E-state index in [1.54, 1.807) is 0 Å². The first kappa shape index (κ1) is 26.3. The van der Waals surface area contributed by atoms with Crippen LogP contribution < -0.4 is 16.0 Å². The van der Waals surface area contributed by atoms with Crippen LogP contribution in [0.3, 0.4) is 0 Å². The Morgan fingerprint density at radius 2 is 1.67 bits per heavy atom. The fourth-order valence-electron chi connectivity index (χ4n) is 3.84. The Labute approximate surface area is 195 Å². The van der Waals surface area contributed by atoms with E-state index in [1.807, 2.05) is 58.0 Å². The number of aliphatic hydroxyl groups excluding tert-OH is 1. The molecular formula is C24H36N4O5. The van der Waals surface area contributed by atoms with Gasteiger partial charge in [-0.05, 0) is 17.9 Å². The van der Waals surface area contributed by atoms with Crippen LogP contribution >= 0.6 is 0 Å². The second-order valence-electron chi connectivity index (χ2n) is 9.58. The zero-order valence-corrected chi connectivity index (χ0v) is 20.1. The third-order valence-corrected chi connectivity index (χ3v) is 5.80. The van der Waals surface area contributed by atoms with Crippen molar-refractivity contribution in [1.29, 1.82) is 0 Å². The fraction of sp³-hybridized carbons (Fsp3) is 0.583. The Kier molecular flexibility index (Phi) is 8.99. The number of β-amino-alcohol motifs (C(OH)–C–C–N with tert-alkyl or cyclic N) is 1. The van der Waals surface area contributed by atoms with Crippen LogP contribution in [0, 0.1) is 5.41 Å². The van der Waals surface area contributed by atoms with Crippen molar-refractivity contribution < 1.29 is 24.3 Å². The topological polar surface area (TPSA) is 128 Å². The van der Waals surface area contributed by atoms with E-state index < -0.39 is 35.4 Å². The van der Waals surface area contributed by atoms with Gasteiger partial charge in [0.2, 0.25) is 23.6 Å².